The Hall–Kier alpha value is -1.19. The van der Waals surface area contributed by atoms with Crippen LogP contribution in [0.2, 0.25) is 0 Å². The van der Waals surface area contributed by atoms with E-state index < -0.39 is 0 Å². The third kappa shape index (κ3) is 3.41. The third-order valence-corrected chi connectivity index (χ3v) is 7.05. The Morgan fingerprint density at radius 1 is 1.16 bits per heavy atom. The summed E-state index contributed by atoms with van der Waals surface area (Å²) >= 11 is 0. The first-order valence-electron chi connectivity index (χ1n) is 10.1. The standard InChI is InChI=1S/C22H31NO2/c1-25-13-12-23-11-10-17-15-21(24)19(14-16-6-3-2-4-7-16)18-8-5-9-20(23)22(17)18/h2-4,6-7,17-20,22H,5,8-15H2,1H3/t17-,18+,19+,20+,22+/m0/s1. The van der Waals surface area contributed by atoms with Gasteiger partial charge in [0.1, 0.15) is 5.78 Å². The Labute approximate surface area is 151 Å². The zero-order valence-corrected chi connectivity index (χ0v) is 15.4. The van der Waals surface area contributed by atoms with Crippen molar-refractivity contribution in [3.63, 3.8) is 0 Å². The number of methoxy groups -OCH3 is 1. The third-order valence-electron chi connectivity index (χ3n) is 7.05. The van der Waals surface area contributed by atoms with Gasteiger partial charge in [0.25, 0.3) is 0 Å². The van der Waals surface area contributed by atoms with E-state index in [4.69, 9.17) is 4.74 Å². The molecule has 3 heteroatoms. The van der Waals surface area contributed by atoms with Crippen LogP contribution in [0.1, 0.15) is 37.7 Å². The lowest BCUT2D eigenvalue weighted by Crippen LogP contribution is -2.58. The summed E-state index contributed by atoms with van der Waals surface area (Å²) < 4.78 is 5.34. The molecule has 3 fully saturated rings. The van der Waals surface area contributed by atoms with Crippen molar-refractivity contribution < 1.29 is 9.53 Å². The summed E-state index contributed by atoms with van der Waals surface area (Å²) in [6.45, 7) is 3.03. The number of Topliss-reactive ketones (excluding diaryl/α,β-unsaturated/α-hetero) is 1. The molecule has 5 atom stereocenters. The van der Waals surface area contributed by atoms with E-state index in [2.05, 4.69) is 35.2 Å². The minimum atomic E-state index is 0.244. The molecular weight excluding hydrogens is 310 g/mol. The van der Waals surface area contributed by atoms with E-state index in [-0.39, 0.29) is 5.92 Å². The van der Waals surface area contributed by atoms with Crippen LogP contribution in [0, 0.1) is 23.7 Å². The molecule has 0 radical (unpaired) electrons. The van der Waals surface area contributed by atoms with Crippen LogP contribution < -0.4 is 0 Å². The molecule has 25 heavy (non-hydrogen) atoms. The Balaban J connectivity index is 1.55. The van der Waals surface area contributed by atoms with Gasteiger partial charge in [-0.1, -0.05) is 36.8 Å². The van der Waals surface area contributed by atoms with Crippen LogP contribution in [0.4, 0.5) is 0 Å². The van der Waals surface area contributed by atoms with E-state index >= 15 is 0 Å². The second kappa shape index (κ2) is 7.59. The van der Waals surface area contributed by atoms with Crippen LogP contribution in [0.25, 0.3) is 0 Å². The Morgan fingerprint density at radius 3 is 2.80 bits per heavy atom. The molecule has 1 aliphatic heterocycles. The second-order valence-corrected chi connectivity index (χ2v) is 8.28. The van der Waals surface area contributed by atoms with E-state index in [1.165, 1.54) is 31.2 Å². The zero-order valence-electron chi connectivity index (χ0n) is 15.4. The first-order valence-corrected chi connectivity index (χ1v) is 10.1. The smallest absolute Gasteiger partial charge is 0.136 e. The molecule has 1 heterocycles. The average molecular weight is 341 g/mol. The number of piperidine rings is 1. The topological polar surface area (TPSA) is 29.5 Å². The fourth-order valence-electron chi connectivity index (χ4n) is 5.99. The molecular formula is C22H31NO2. The van der Waals surface area contributed by atoms with Gasteiger partial charge >= 0.3 is 0 Å². The number of rotatable bonds is 5. The summed E-state index contributed by atoms with van der Waals surface area (Å²) in [6, 6.07) is 11.3. The molecule has 4 rings (SSSR count). The summed E-state index contributed by atoms with van der Waals surface area (Å²) in [5.74, 6) is 2.74. The molecule has 3 aliphatic rings. The number of ketones is 1. The Morgan fingerprint density at radius 2 is 2.00 bits per heavy atom. The highest BCUT2D eigenvalue weighted by atomic mass is 16.5. The maximum absolute atomic E-state index is 13.0. The van der Waals surface area contributed by atoms with E-state index in [0.29, 0.717) is 23.7 Å². The van der Waals surface area contributed by atoms with Gasteiger partial charge in [-0.25, -0.2) is 0 Å². The predicted molar refractivity (Wildman–Crippen MR) is 99.4 cm³/mol. The minimum absolute atomic E-state index is 0.244. The van der Waals surface area contributed by atoms with Gasteiger partial charge in [-0.3, -0.25) is 9.69 Å². The van der Waals surface area contributed by atoms with Crippen LogP contribution in [-0.2, 0) is 16.0 Å². The number of likely N-dealkylation sites (tertiary alicyclic amines) is 1. The van der Waals surface area contributed by atoms with Gasteiger partial charge in [0.2, 0.25) is 0 Å². The number of hydrogen-bond acceptors (Lipinski definition) is 3. The molecule has 3 nitrogen and oxygen atoms in total. The number of benzene rings is 1. The van der Waals surface area contributed by atoms with E-state index in [9.17, 15) is 4.79 Å². The number of hydrogen-bond donors (Lipinski definition) is 0. The molecule has 1 saturated heterocycles. The van der Waals surface area contributed by atoms with Gasteiger partial charge < -0.3 is 4.74 Å². The summed E-state index contributed by atoms with van der Waals surface area (Å²) in [5, 5.41) is 0. The van der Waals surface area contributed by atoms with Gasteiger partial charge in [-0.15, -0.1) is 0 Å². The summed E-state index contributed by atoms with van der Waals surface area (Å²) in [5.41, 5.74) is 1.33. The van der Waals surface area contributed by atoms with Crippen LogP contribution >= 0.6 is 0 Å². The van der Waals surface area contributed by atoms with Gasteiger partial charge in [-0.2, -0.15) is 0 Å². The molecule has 2 aliphatic carbocycles. The molecule has 0 unspecified atom stereocenters. The lowest BCUT2D eigenvalue weighted by Gasteiger charge is -2.55. The molecule has 136 valence electrons. The van der Waals surface area contributed by atoms with Crippen molar-refractivity contribution >= 4 is 5.78 Å². The molecule has 0 N–H and O–H groups in total. The van der Waals surface area contributed by atoms with E-state index in [0.717, 1.165) is 38.5 Å². The summed E-state index contributed by atoms with van der Waals surface area (Å²) in [7, 11) is 1.80. The van der Waals surface area contributed by atoms with Crippen molar-refractivity contribution in [1.82, 2.24) is 4.90 Å². The number of carbonyl (C=O) groups is 1. The summed E-state index contributed by atoms with van der Waals surface area (Å²) in [4.78, 5) is 15.6. The Bertz CT molecular complexity index is 587. The van der Waals surface area contributed by atoms with Crippen molar-refractivity contribution in [2.45, 2.75) is 44.6 Å². The van der Waals surface area contributed by atoms with Gasteiger partial charge in [0.15, 0.2) is 0 Å². The Kier molecular flexibility index (Phi) is 5.23. The zero-order chi connectivity index (χ0) is 17.2. The van der Waals surface area contributed by atoms with Crippen LogP contribution in [-0.4, -0.2) is 43.5 Å². The predicted octanol–water partition coefficient (Wildman–Crippen LogP) is 3.57. The van der Waals surface area contributed by atoms with Gasteiger partial charge in [-0.05, 0) is 55.5 Å². The van der Waals surface area contributed by atoms with Gasteiger partial charge in [0.05, 0.1) is 6.61 Å². The number of ether oxygens (including phenoxy) is 1. The van der Waals surface area contributed by atoms with Crippen molar-refractivity contribution in [2.75, 3.05) is 26.8 Å². The average Bonchev–Trinajstić information content (AvgIpc) is 2.65. The molecule has 2 saturated carbocycles. The van der Waals surface area contributed by atoms with Crippen molar-refractivity contribution in [3.05, 3.63) is 35.9 Å². The van der Waals surface area contributed by atoms with Crippen LogP contribution in [0.3, 0.4) is 0 Å². The molecule has 0 amide bonds. The fraction of sp³-hybridized carbons (Fsp3) is 0.682. The SMILES string of the molecule is COCCN1CC[C@H]2CC(=O)[C@H](Cc3ccccc3)[C@H]3CCC[C@@H]1[C@H]23. The largest absolute Gasteiger partial charge is 0.383 e. The first kappa shape index (κ1) is 17.2. The lowest BCUT2D eigenvalue weighted by molar-refractivity contribution is -0.139. The fourth-order valence-corrected chi connectivity index (χ4v) is 5.99. The normalized spacial score (nSPS) is 35.4. The molecule has 1 aromatic carbocycles. The van der Waals surface area contributed by atoms with Crippen molar-refractivity contribution in [1.29, 1.82) is 0 Å². The molecule has 0 bridgehead atoms. The maximum Gasteiger partial charge on any atom is 0.136 e. The first-order chi connectivity index (χ1) is 12.3. The highest BCUT2D eigenvalue weighted by Crippen LogP contribution is 2.51. The number of nitrogens with zero attached hydrogens (tertiary/aromatic N) is 1. The maximum atomic E-state index is 13.0. The van der Waals surface area contributed by atoms with Crippen LogP contribution in [0.5, 0.6) is 0 Å². The van der Waals surface area contributed by atoms with E-state index in [1.807, 2.05) is 0 Å². The molecule has 1 aromatic rings. The minimum Gasteiger partial charge on any atom is -0.383 e. The van der Waals surface area contributed by atoms with Gasteiger partial charge in [0, 0.05) is 32.0 Å². The lowest BCUT2D eigenvalue weighted by atomic mass is 9.56. The van der Waals surface area contributed by atoms with E-state index in [1.54, 1.807) is 7.11 Å². The summed E-state index contributed by atoms with van der Waals surface area (Å²) in [6.07, 6.45) is 6.81. The number of carbonyl (C=O) groups excluding carboxylic acids is 1. The molecule has 0 spiro atoms. The van der Waals surface area contributed by atoms with Crippen molar-refractivity contribution in [3.8, 4) is 0 Å². The van der Waals surface area contributed by atoms with Crippen molar-refractivity contribution in [2.24, 2.45) is 23.7 Å². The highest BCUT2D eigenvalue weighted by Gasteiger charge is 2.51. The second-order valence-electron chi connectivity index (χ2n) is 8.28. The quantitative estimate of drug-likeness (QED) is 0.820. The highest BCUT2D eigenvalue weighted by molar-refractivity contribution is 5.83. The monoisotopic (exact) mass is 341 g/mol. The van der Waals surface area contributed by atoms with Crippen LogP contribution in [0.15, 0.2) is 30.3 Å². The molecule has 0 aromatic heterocycles.